The van der Waals surface area contributed by atoms with Gasteiger partial charge in [0.05, 0.1) is 12.9 Å². The molecule has 1 aliphatic rings. The molecule has 2 N–H and O–H groups in total. The first-order valence-corrected chi connectivity index (χ1v) is 11.5. The van der Waals surface area contributed by atoms with E-state index in [1.165, 1.54) is 0 Å². The highest BCUT2D eigenvalue weighted by atomic mass is 32.2. The van der Waals surface area contributed by atoms with Crippen LogP contribution in [0.4, 0.5) is 5.82 Å². The molecule has 2 aromatic rings. The lowest BCUT2D eigenvalue weighted by Crippen LogP contribution is -2.34. The van der Waals surface area contributed by atoms with Crippen molar-refractivity contribution in [3.8, 4) is 16.9 Å². The van der Waals surface area contributed by atoms with Gasteiger partial charge >= 0.3 is 0 Å². The molecule has 0 radical (unpaired) electrons. The Kier molecular flexibility index (Phi) is 6.91. The molecule has 0 atom stereocenters. The fourth-order valence-corrected chi connectivity index (χ4v) is 4.21. The van der Waals surface area contributed by atoms with Gasteiger partial charge in [-0.05, 0) is 68.4 Å². The van der Waals surface area contributed by atoms with Crippen LogP contribution in [0.2, 0.25) is 0 Å². The quantitative estimate of drug-likeness (QED) is 0.703. The van der Waals surface area contributed by atoms with Gasteiger partial charge in [-0.15, -0.1) is 0 Å². The van der Waals surface area contributed by atoms with E-state index >= 15 is 0 Å². The molecular formula is C21H29N3O3S. The van der Waals surface area contributed by atoms with Crippen LogP contribution in [0.1, 0.15) is 32.6 Å². The van der Waals surface area contributed by atoms with Crippen LogP contribution >= 0.6 is 0 Å². The smallest absolute Gasteiger partial charge is 0.211 e. The van der Waals surface area contributed by atoms with Gasteiger partial charge in [0, 0.05) is 24.3 Å². The molecule has 1 heterocycles. The van der Waals surface area contributed by atoms with E-state index in [0.29, 0.717) is 18.5 Å². The molecule has 0 saturated heterocycles. The maximum atomic E-state index is 11.6. The molecule has 1 aromatic carbocycles. The molecule has 1 aromatic heterocycles. The van der Waals surface area contributed by atoms with Gasteiger partial charge in [-0.3, -0.25) is 0 Å². The number of nitrogens with one attached hydrogen (secondary N) is 2. The first-order chi connectivity index (χ1) is 13.5. The van der Waals surface area contributed by atoms with Gasteiger partial charge < -0.3 is 10.1 Å². The van der Waals surface area contributed by atoms with E-state index < -0.39 is 10.0 Å². The maximum Gasteiger partial charge on any atom is 0.211 e. The molecule has 1 saturated carbocycles. The van der Waals surface area contributed by atoms with Crippen LogP contribution in [-0.4, -0.2) is 38.9 Å². The van der Waals surface area contributed by atoms with E-state index in [4.69, 9.17) is 4.74 Å². The molecule has 28 heavy (non-hydrogen) atoms. The topological polar surface area (TPSA) is 80.3 Å². The normalized spacial score (nSPS) is 19.9. The fourth-order valence-electron chi connectivity index (χ4n) is 3.52. The minimum Gasteiger partial charge on any atom is -0.497 e. The van der Waals surface area contributed by atoms with E-state index in [2.05, 4.69) is 21.1 Å². The highest BCUT2D eigenvalue weighted by Crippen LogP contribution is 2.27. The van der Waals surface area contributed by atoms with Crippen molar-refractivity contribution in [3.63, 3.8) is 0 Å². The van der Waals surface area contributed by atoms with Crippen molar-refractivity contribution < 1.29 is 13.2 Å². The minimum absolute atomic E-state index is 0.140. The minimum atomic E-state index is -3.10. The number of ether oxygens (including phenoxy) is 1. The zero-order chi connectivity index (χ0) is 20.0. The zero-order valence-electron chi connectivity index (χ0n) is 16.5. The lowest BCUT2D eigenvalue weighted by molar-refractivity contribution is 0.337. The summed E-state index contributed by atoms with van der Waals surface area (Å²) in [5, 5.41) is 3.51. The Morgan fingerprint density at radius 2 is 1.89 bits per heavy atom. The third-order valence-corrected chi connectivity index (χ3v) is 6.70. The highest BCUT2D eigenvalue weighted by Gasteiger charge is 2.22. The van der Waals surface area contributed by atoms with Crippen LogP contribution in [0.5, 0.6) is 5.75 Å². The van der Waals surface area contributed by atoms with Crippen molar-refractivity contribution in [2.75, 3.05) is 24.7 Å². The summed E-state index contributed by atoms with van der Waals surface area (Å²) in [4.78, 5) is 4.56. The Balaban J connectivity index is 1.50. The Morgan fingerprint density at radius 3 is 2.54 bits per heavy atom. The predicted molar refractivity (Wildman–Crippen MR) is 113 cm³/mol. The first kappa shape index (κ1) is 20.6. The van der Waals surface area contributed by atoms with E-state index in [0.717, 1.165) is 48.4 Å². The molecule has 3 rings (SSSR count). The first-order valence-electron chi connectivity index (χ1n) is 9.83. The predicted octanol–water partition coefficient (Wildman–Crippen LogP) is 3.67. The van der Waals surface area contributed by atoms with Crippen LogP contribution in [0, 0.1) is 5.92 Å². The van der Waals surface area contributed by atoms with Gasteiger partial charge in [-0.1, -0.05) is 12.1 Å². The third kappa shape index (κ3) is 5.69. The molecular weight excluding hydrogens is 374 g/mol. The fraction of sp³-hybridized carbons (Fsp3) is 0.476. The largest absolute Gasteiger partial charge is 0.497 e. The summed E-state index contributed by atoms with van der Waals surface area (Å²) in [6, 6.07) is 12.4. The molecule has 0 unspecified atom stereocenters. The highest BCUT2D eigenvalue weighted by molar-refractivity contribution is 7.89. The van der Waals surface area contributed by atoms with E-state index in [9.17, 15) is 8.42 Å². The number of anilines is 1. The molecule has 0 aliphatic heterocycles. The third-order valence-electron chi connectivity index (χ3n) is 5.34. The number of hydrogen-bond donors (Lipinski definition) is 2. The van der Waals surface area contributed by atoms with Crippen LogP contribution in [0.15, 0.2) is 42.6 Å². The van der Waals surface area contributed by atoms with Crippen molar-refractivity contribution in [1.29, 1.82) is 0 Å². The molecule has 0 bridgehead atoms. The molecule has 0 amide bonds. The van der Waals surface area contributed by atoms with Gasteiger partial charge in [0.25, 0.3) is 0 Å². The number of methoxy groups -OCH3 is 1. The second-order valence-electron chi connectivity index (χ2n) is 7.28. The van der Waals surface area contributed by atoms with Crippen molar-refractivity contribution in [2.45, 2.75) is 38.6 Å². The summed E-state index contributed by atoms with van der Waals surface area (Å²) < 4.78 is 31.1. The van der Waals surface area contributed by atoms with Gasteiger partial charge in [0.15, 0.2) is 0 Å². The van der Waals surface area contributed by atoms with Gasteiger partial charge in [-0.25, -0.2) is 18.1 Å². The van der Waals surface area contributed by atoms with Crippen LogP contribution < -0.4 is 14.8 Å². The van der Waals surface area contributed by atoms with Crippen molar-refractivity contribution in [1.82, 2.24) is 9.71 Å². The Morgan fingerprint density at radius 1 is 1.11 bits per heavy atom. The number of nitrogens with zero attached hydrogens (tertiary/aromatic N) is 1. The number of rotatable bonds is 8. The van der Waals surface area contributed by atoms with Crippen LogP contribution in [-0.2, 0) is 10.0 Å². The van der Waals surface area contributed by atoms with Gasteiger partial charge in [-0.2, -0.15) is 0 Å². The van der Waals surface area contributed by atoms with Gasteiger partial charge in [0.2, 0.25) is 10.0 Å². The molecule has 7 heteroatoms. The average molecular weight is 404 g/mol. The Labute approximate surface area is 167 Å². The van der Waals surface area contributed by atoms with Crippen molar-refractivity contribution in [2.24, 2.45) is 5.92 Å². The standard InChI is InChI=1S/C21H29N3O3S/c1-3-28(25,26)23-14-16-7-10-19(11-8-16)24-21-12-9-18(15-22-21)17-5-4-6-20(13-17)27-2/h4-6,9,12-13,15-16,19,23H,3,7-8,10-11,14H2,1-2H3,(H,22,24)/t16-,19-. The molecule has 0 spiro atoms. The lowest BCUT2D eigenvalue weighted by Gasteiger charge is -2.29. The number of aromatic nitrogens is 1. The van der Waals surface area contributed by atoms with Crippen molar-refractivity contribution in [3.05, 3.63) is 42.6 Å². The second-order valence-corrected chi connectivity index (χ2v) is 9.37. The van der Waals surface area contributed by atoms with Gasteiger partial charge in [0.1, 0.15) is 11.6 Å². The number of pyridine rings is 1. The Hall–Kier alpha value is -2.12. The SMILES string of the molecule is CCS(=O)(=O)NC[C@H]1CC[C@H](Nc2ccc(-c3cccc(OC)c3)cn2)CC1. The summed E-state index contributed by atoms with van der Waals surface area (Å²) in [5.41, 5.74) is 2.13. The van der Waals surface area contributed by atoms with Crippen molar-refractivity contribution >= 4 is 15.8 Å². The monoisotopic (exact) mass is 403 g/mol. The molecule has 6 nitrogen and oxygen atoms in total. The van der Waals surface area contributed by atoms with E-state index in [1.807, 2.05) is 36.5 Å². The number of benzene rings is 1. The Bertz CT molecular complexity index is 861. The summed E-state index contributed by atoms with van der Waals surface area (Å²) in [6.07, 6.45) is 5.97. The van der Waals surface area contributed by atoms with E-state index in [-0.39, 0.29) is 5.75 Å². The number of sulfonamides is 1. The summed E-state index contributed by atoms with van der Waals surface area (Å²) in [7, 11) is -1.43. The summed E-state index contributed by atoms with van der Waals surface area (Å²) in [5.74, 6) is 2.27. The van der Waals surface area contributed by atoms with Crippen LogP contribution in [0.3, 0.4) is 0 Å². The summed E-state index contributed by atoms with van der Waals surface area (Å²) in [6.45, 7) is 2.21. The average Bonchev–Trinajstić information content (AvgIpc) is 2.74. The second kappa shape index (κ2) is 9.39. The molecule has 1 fully saturated rings. The number of hydrogen-bond acceptors (Lipinski definition) is 5. The van der Waals surface area contributed by atoms with Crippen LogP contribution in [0.25, 0.3) is 11.1 Å². The molecule has 1 aliphatic carbocycles. The molecule has 152 valence electrons. The van der Waals surface area contributed by atoms with E-state index in [1.54, 1.807) is 14.0 Å². The summed E-state index contributed by atoms with van der Waals surface area (Å²) >= 11 is 0. The lowest BCUT2D eigenvalue weighted by atomic mass is 9.86. The maximum absolute atomic E-state index is 11.6. The zero-order valence-corrected chi connectivity index (χ0v) is 17.3.